The van der Waals surface area contributed by atoms with Gasteiger partial charge in [-0.3, -0.25) is 9.20 Å². The SMILES string of the molecule is C[C@H]1CCc2c(sc3ncn4c(SCc5cc(=O)[nH]c6ccccc56)nnc4c23)C1. The van der Waals surface area contributed by atoms with Crippen LogP contribution < -0.4 is 5.56 Å². The molecule has 1 aliphatic rings. The van der Waals surface area contributed by atoms with E-state index in [1.807, 2.05) is 35.0 Å². The van der Waals surface area contributed by atoms with Crippen LogP contribution in [0.15, 0.2) is 46.6 Å². The largest absolute Gasteiger partial charge is 0.322 e. The first-order chi connectivity index (χ1) is 14.7. The predicted octanol–water partition coefficient (Wildman–Crippen LogP) is 4.60. The molecule has 0 aliphatic heterocycles. The quantitative estimate of drug-likeness (QED) is 0.421. The molecule has 6 nitrogen and oxygen atoms in total. The van der Waals surface area contributed by atoms with Crippen LogP contribution in [0.25, 0.3) is 26.8 Å². The fourth-order valence-corrected chi connectivity index (χ4v) is 6.60. The summed E-state index contributed by atoms with van der Waals surface area (Å²) >= 11 is 3.39. The maximum absolute atomic E-state index is 12.0. The van der Waals surface area contributed by atoms with Gasteiger partial charge >= 0.3 is 0 Å². The summed E-state index contributed by atoms with van der Waals surface area (Å²) in [7, 11) is 0. The molecule has 0 saturated carbocycles. The molecular formula is C22H19N5OS2. The van der Waals surface area contributed by atoms with Gasteiger partial charge in [0.15, 0.2) is 10.8 Å². The molecule has 1 aromatic carbocycles. The molecule has 150 valence electrons. The van der Waals surface area contributed by atoms with E-state index in [1.54, 1.807) is 29.2 Å². The molecule has 0 radical (unpaired) electrons. The van der Waals surface area contributed by atoms with Gasteiger partial charge in [0, 0.05) is 27.6 Å². The topological polar surface area (TPSA) is 75.9 Å². The number of nitrogens with zero attached hydrogens (tertiary/aromatic N) is 4. The van der Waals surface area contributed by atoms with Crippen LogP contribution in [0.3, 0.4) is 0 Å². The first kappa shape index (κ1) is 18.1. The molecule has 5 aromatic rings. The number of fused-ring (bicyclic) bond motifs is 6. The van der Waals surface area contributed by atoms with Crippen LogP contribution in [0, 0.1) is 5.92 Å². The number of rotatable bonds is 3. The number of aromatic nitrogens is 5. The Hall–Kier alpha value is -2.71. The molecule has 0 saturated heterocycles. The van der Waals surface area contributed by atoms with E-state index in [0.717, 1.165) is 50.9 Å². The highest BCUT2D eigenvalue weighted by Gasteiger charge is 2.24. The Bertz CT molecular complexity index is 1480. The zero-order valence-electron chi connectivity index (χ0n) is 16.4. The Morgan fingerprint density at radius 1 is 1.30 bits per heavy atom. The average molecular weight is 434 g/mol. The van der Waals surface area contributed by atoms with Crippen molar-refractivity contribution < 1.29 is 0 Å². The molecule has 0 fully saturated rings. The third-order valence-corrected chi connectivity index (χ3v) is 8.02. The number of pyridine rings is 1. The van der Waals surface area contributed by atoms with E-state index in [9.17, 15) is 4.79 Å². The van der Waals surface area contributed by atoms with Crippen molar-refractivity contribution in [3.05, 3.63) is 63.0 Å². The molecule has 0 unspecified atom stereocenters. The molecule has 1 atom stereocenters. The van der Waals surface area contributed by atoms with Gasteiger partial charge in [0.1, 0.15) is 11.2 Å². The average Bonchev–Trinajstić information content (AvgIpc) is 3.31. The third-order valence-electron chi connectivity index (χ3n) is 5.86. The lowest BCUT2D eigenvalue weighted by Crippen LogP contribution is -2.08. The van der Waals surface area contributed by atoms with Gasteiger partial charge in [0.2, 0.25) is 5.56 Å². The minimum absolute atomic E-state index is 0.0853. The second kappa shape index (κ2) is 6.92. The Kier molecular flexibility index (Phi) is 4.17. The van der Waals surface area contributed by atoms with Crippen molar-refractivity contribution in [1.29, 1.82) is 0 Å². The second-order valence-corrected chi connectivity index (χ2v) is 9.97. The number of H-pyrrole nitrogens is 1. The molecule has 1 aliphatic carbocycles. The Morgan fingerprint density at radius 2 is 2.20 bits per heavy atom. The van der Waals surface area contributed by atoms with Gasteiger partial charge in [-0.2, -0.15) is 0 Å². The normalized spacial score (nSPS) is 16.5. The van der Waals surface area contributed by atoms with Gasteiger partial charge in [-0.15, -0.1) is 21.5 Å². The number of thioether (sulfide) groups is 1. The lowest BCUT2D eigenvalue weighted by atomic mass is 9.89. The van der Waals surface area contributed by atoms with Gasteiger partial charge in [0.05, 0.1) is 5.39 Å². The van der Waals surface area contributed by atoms with Crippen LogP contribution in [0.4, 0.5) is 0 Å². The van der Waals surface area contributed by atoms with E-state index < -0.39 is 0 Å². The minimum atomic E-state index is -0.0853. The molecule has 1 N–H and O–H groups in total. The highest BCUT2D eigenvalue weighted by molar-refractivity contribution is 7.98. The first-order valence-electron chi connectivity index (χ1n) is 10.0. The molecule has 0 bridgehead atoms. The van der Waals surface area contributed by atoms with Crippen molar-refractivity contribution in [2.75, 3.05) is 0 Å². The number of nitrogens with one attached hydrogen (secondary N) is 1. The zero-order chi connectivity index (χ0) is 20.2. The second-order valence-electron chi connectivity index (χ2n) is 7.95. The maximum atomic E-state index is 12.0. The van der Waals surface area contributed by atoms with Crippen LogP contribution in [-0.2, 0) is 18.6 Å². The molecule has 30 heavy (non-hydrogen) atoms. The summed E-state index contributed by atoms with van der Waals surface area (Å²) in [6.45, 7) is 2.32. The number of para-hydroxylation sites is 1. The van der Waals surface area contributed by atoms with Crippen LogP contribution >= 0.6 is 23.1 Å². The summed E-state index contributed by atoms with van der Waals surface area (Å²) in [6, 6.07) is 9.56. The minimum Gasteiger partial charge on any atom is -0.322 e. The Labute approximate surface area is 180 Å². The Balaban J connectivity index is 1.40. The molecule has 4 aromatic heterocycles. The summed E-state index contributed by atoms with van der Waals surface area (Å²) in [5, 5.41) is 12.0. The lowest BCUT2D eigenvalue weighted by molar-refractivity contribution is 0.509. The van der Waals surface area contributed by atoms with Crippen molar-refractivity contribution >= 4 is 49.9 Å². The van der Waals surface area contributed by atoms with Gasteiger partial charge in [-0.05, 0) is 42.4 Å². The van der Waals surface area contributed by atoms with Crippen molar-refractivity contribution in [3.63, 3.8) is 0 Å². The number of hydrogen-bond acceptors (Lipinski definition) is 6. The molecule has 4 heterocycles. The predicted molar refractivity (Wildman–Crippen MR) is 121 cm³/mol. The van der Waals surface area contributed by atoms with E-state index >= 15 is 0 Å². The van der Waals surface area contributed by atoms with E-state index in [2.05, 4.69) is 22.1 Å². The molecule has 0 amide bonds. The van der Waals surface area contributed by atoms with Gasteiger partial charge < -0.3 is 4.98 Å². The van der Waals surface area contributed by atoms with Crippen LogP contribution in [-0.4, -0.2) is 24.6 Å². The fraction of sp³-hybridized carbons (Fsp3) is 0.273. The van der Waals surface area contributed by atoms with Crippen LogP contribution in [0.2, 0.25) is 0 Å². The van der Waals surface area contributed by atoms with Crippen molar-refractivity contribution in [1.82, 2.24) is 24.6 Å². The van der Waals surface area contributed by atoms with Crippen molar-refractivity contribution in [2.45, 2.75) is 37.1 Å². The highest BCUT2D eigenvalue weighted by Crippen LogP contribution is 2.39. The van der Waals surface area contributed by atoms with Crippen LogP contribution in [0.1, 0.15) is 29.3 Å². The summed E-state index contributed by atoms with van der Waals surface area (Å²) in [6.07, 6.45) is 5.27. The smallest absolute Gasteiger partial charge is 0.248 e. The highest BCUT2D eigenvalue weighted by atomic mass is 32.2. The van der Waals surface area contributed by atoms with E-state index in [4.69, 9.17) is 4.98 Å². The van der Waals surface area contributed by atoms with Crippen LogP contribution in [0.5, 0.6) is 0 Å². The lowest BCUT2D eigenvalue weighted by Gasteiger charge is -2.17. The first-order valence-corrected chi connectivity index (χ1v) is 11.9. The summed E-state index contributed by atoms with van der Waals surface area (Å²) in [4.78, 5) is 22.2. The third kappa shape index (κ3) is 2.86. The number of aryl methyl sites for hydroxylation is 1. The van der Waals surface area contributed by atoms with Gasteiger partial charge in [-0.1, -0.05) is 36.9 Å². The van der Waals surface area contributed by atoms with E-state index in [0.29, 0.717) is 5.75 Å². The molecule has 8 heteroatoms. The monoisotopic (exact) mass is 433 g/mol. The summed E-state index contributed by atoms with van der Waals surface area (Å²) < 4.78 is 1.99. The number of aromatic amines is 1. The molecule has 0 spiro atoms. The maximum Gasteiger partial charge on any atom is 0.248 e. The van der Waals surface area contributed by atoms with Gasteiger partial charge in [-0.25, -0.2) is 4.98 Å². The fourth-order valence-electron chi connectivity index (χ4n) is 4.36. The number of benzene rings is 1. The standard InChI is InChI=1S/C22H19N5OS2/c1-12-6-7-15-17(8-12)30-21-19(15)20-25-26-22(27(20)11-23-21)29-10-13-9-18(28)24-16-5-3-2-4-14(13)16/h2-5,9,11-12H,6-8,10H2,1H3,(H,24,28)/t12-/m0/s1. The Morgan fingerprint density at radius 3 is 3.13 bits per heavy atom. The van der Waals surface area contributed by atoms with Crippen molar-refractivity contribution in [3.8, 4) is 0 Å². The number of thiophene rings is 1. The van der Waals surface area contributed by atoms with E-state index in [-0.39, 0.29) is 5.56 Å². The number of hydrogen-bond donors (Lipinski definition) is 1. The van der Waals surface area contributed by atoms with E-state index in [1.165, 1.54) is 22.2 Å². The van der Waals surface area contributed by atoms with Gasteiger partial charge in [0.25, 0.3) is 0 Å². The van der Waals surface area contributed by atoms with Crippen molar-refractivity contribution in [2.24, 2.45) is 5.92 Å². The molecular weight excluding hydrogens is 414 g/mol. The summed E-state index contributed by atoms with van der Waals surface area (Å²) in [5.41, 5.74) is 4.07. The molecule has 6 rings (SSSR count). The summed E-state index contributed by atoms with van der Waals surface area (Å²) in [5.74, 6) is 1.37. The zero-order valence-corrected chi connectivity index (χ0v) is 18.0.